The van der Waals surface area contributed by atoms with Gasteiger partial charge in [0, 0.05) is 10.5 Å². The molecule has 0 saturated heterocycles. The van der Waals surface area contributed by atoms with E-state index in [2.05, 4.69) is 53.3 Å². The standard InChI is InChI=1S/C40H82S/c1-7-13-17-19-21-23-25-27-29-31-35-39(37(11-5)33-15-9-3)41-40(38(12-6)34-16-10-4)36-32-30-28-26-24-22-20-18-14-8-2/h37-40H,7-36H2,1-6H3. The Kier molecular flexibility index (Phi) is 33.5. The minimum Gasteiger partial charge on any atom is -0.155 e. The Morgan fingerprint density at radius 1 is 0.293 bits per heavy atom. The molecule has 41 heavy (non-hydrogen) atoms. The average molecular weight is 595 g/mol. The van der Waals surface area contributed by atoms with Crippen LogP contribution in [0.1, 0.15) is 234 Å². The van der Waals surface area contributed by atoms with Gasteiger partial charge in [0.2, 0.25) is 0 Å². The lowest BCUT2D eigenvalue weighted by molar-refractivity contribution is 0.391. The van der Waals surface area contributed by atoms with Crippen LogP contribution in [-0.4, -0.2) is 10.5 Å². The zero-order chi connectivity index (χ0) is 30.2. The average Bonchev–Trinajstić information content (AvgIpc) is 2.99. The maximum Gasteiger partial charge on any atom is 0.00781 e. The highest BCUT2D eigenvalue weighted by molar-refractivity contribution is 8.00. The first-order chi connectivity index (χ1) is 20.2. The van der Waals surface area contributed by atoms with Crippen molar-refractivity contribution >= 4 is 11.8 Å². The first-order valence-corrected chi connectivity index (χ1v) is 20.8. The van der Waals surface area contributed by atoms with Gasteiger partial charge >= 0.3 is 0 Å². The fourth-order valence-electron chi connectivity index (χ4n) is 6.96. The van der Waals surface area contributed by atoms with Gasteiger partial charge in [0.15, 0.2) is 0 Å². The molecule has 0 rings (SSSR count). The molecule has 0 amide bonds. The Bertz CT molecular complexity index is 431. The van der Waals surface area contributed by atoms with Crippen LogP contribution in [0.2, 0.25) is 0 Å². The Morgan fingerprint density at radius 3 is 0.829 bits per heavy atom. The predicted molar refractivity (Wildman–Crippen MR) is 195 cm³/mol. The van der Waals surface area contributed by atoms with Crippen LogP contribution >= 0.6 is 11.8 Å². The van der Waals surface area contributed by atoms with Crippen LogP contribution in [0.5, 0.6) is 0 Å². The highest BCUT2D eigenvalue weighted by Gasteiger charge is 2.27. The zero-order valence-corrected chi connectivity index (χ0v) is 30.7. The third kappa shape index (κ3) is 25.4. The molecule has 0 nitrogen and oxygen atoms in total. The summed E-state index contributed by atoms with van der Waals surface area (Å²) in [5.74, 6) is 1.88. The molecule has 0 aromatic heterocycles. The van der Waals surface area contributed by atoms with Gasteiger partial charge in [-0.05, 0) is 37.5 Å². The summed E-state index contributed by atoms with van der Waals surface area (Å²) >= 11 is 2.52. The van der Waals surface area contributed by atoms with E-state index < -0.39 is 0 Å². The maximum atomic E-state index is 2.52. The van der Waals surface area contributed by atoms with Crippen molar-refractivity contribution in [3.63, 3.8) is 0 Å². The Morgan fingerprint density at radius 2 is 0.561 bits per heavy atom. The quantitative estimate of drug-likeness (QED) is 0.0668. The minimum absolute atomic E-state index is 0.907. The van der Waals surface area contributed by atoms with Gasteiger partial charge in [-0.25, -0.2) is 0 Å². The van der Waals surface area contributed by atoms with Crippen LogP contribution in [-0.2, 0) is 0 Å². The summed E-state index contributed by atoms with van der Waals surface area (Å²) < 4.78 is 0. The Hall–Kier alpha value is 0.350. The van der Waals surface area contributed by atoms with E-state index in [0.29, 0.717) is 0 Å². The first kappa shape index (κ1) is 41.4. The molecule has 0 heterocycles. The maximum absolute atomic E-state index is 2.52. The summed E-state index contributed by atoms with van der Waals surface area (Å²) in [6.45, 7) is 14.4. The van der Waals surface area contributed by atoms with E-state index in [9.17, 15) is 0 Å². The molecule has 0 saturated carbocycles. The molecule has 0 aromatic carbocycles. The van der Waals surface area contributed by atoms with E-state index in [0.717, 1.165) is 22.3 Å². The summed E-state index contributed by atoms with van der Waals surface area (Å²) in [6.07, 6.45) is 43.5. The second-order valence-electron chi connectivity index (χ2n) is 13.8. The monoisotopic (exact) mass is 595 g/mol. The van der Waals surface area contributed by atoms with Crippen molar-refractivity contribution in [2.45, 2.75) is 245 Å². The topological polar surface area (TPSA) is 0 Å². The van der Waals surface area contributed by atoms with E-state index in [1.54, 1.807) is 0 Å². The molecule has 4 unspecified atom stereocenters. The number of hydrogen-bond acceptors (Lipinski definition) is 1. The first-order valence-electron chi connectivity index (χ1n) is 19.8. The molecule has 248 valence electrons. The smallest absolute Gasteiger partial charge is 0.00781 e. The summed E-state index contributed by atoms with van der Waals surface area (Å²) in [7, 11) is 0. The van der Waals surface area contributed by atoms with Crippen LogP contribution in [0.15, 0.2) is 0 Å². The highest BCUT2D eigenvalue weighted by atomic mass is 32.2. The molecule has 0 aliphatic rings. The third-order valence-electron chi connectivity index (χ3n) is 9.99. The lowest BCUT2D eigenvalue weighted by atomic mass is 9.91. The second kappa shape index (κ2) is 33.2. The van der Waals surface area contributed by atoms with Crippen molar-refractivity contribution in [2.75, 3.05) is 0 Å². The number of rotatable bonds is 34. The van der Waals surface area contributed by atoms with Gasteiger partial charge in [-0.2, -0.15) is 11.8 Å². The molecule has 0 aliphatic carbocycles. The van der Waals surface area contributed by atoms with E-state index in [4.69, 9.17) is 0 Å². The fourth-order valence-corrected chi connectivity index (χ4v) is 9.11. The number of thioether (sulfide) groups is 1. The van der Waals surface area contributed by atoms with Gasteiger partial charge in [0.05, 0.1) is 0 Å². The van der Waals surface area contributed by atoms with Crippen molar-refractivity contribution in [3.05, 3.63) is 0 Å². The van der Waals surface area contributed by atoms with Gasteiger partial charge in [-0.3, -0.25) is 0 Å². The van der Waals surface area contributed by atoms with Gasteiger partial charge in [0.1, 0.15) is 0 Å². The van der Waals surface area contributed by atoms with Crippen molar-refractivity contribution < 1.29 is 0 Å². The summed E-state index contributed by atoms with van der Waals surface area (Å²) in [6, 6.07) is 0. The molecule has 0 bridgehead atoms. The van der Waals surface area contributed by atoms with Crippen LogP contribution in [0, 0.1) is 11.8 Å². The normalized spacial score (nSPS) is 14.8. The predicted octanol–water partition coefficient (Wildman–Crippen LogP) is 15.5. The summed E-state index contributed by atoms with van der Waals surface area (Å²) in [5, 5.41) is 1.81. The van der Waals surface area contributed by atoms with Crippen molar-refractivity contribution in [1.82, 2.24) is 0 Å². The van der Waals surface area contributed by atoms with E-state index in [1.165, 1.54) is 193 Å². The number of unbranched alkanes of at least 4 members (excludes halogenated alkanes) is 20. The van der Waals surface area contributed by atoms with Crippen molar-refractivity contribution in [2.24, 2.45) is 11.8 Å². The SMILES string of the molecule is CCCCCCCCCCCCC(SC(CCCCCCCCCCCC)C(CC)CCCC)C(CC)CCCC. The molecule has 0 radical (unpaired) electrons. The number of hydrogen-bond donors (Lipinski definition) is 0. The van der Waals surface area contributed by atoms with Gasteiger partial charge in [0.25, 0.3) is 0 Å². The zero-order valence-electron chi connectivity index (χ0n) is 29.9. The molecular formula is C40H82S. The Labute approximate surface area is 267 Å². The van der Waals surface area contributed by atoms with Crippen LogP contribution in [0.3, 0.4) is 0 Å². The summed E-state index contributed by atoms with van der Waals surface area (Å²) in [4.78, 5) is 0. The molecule has 0 aromatic rings. The molecule has 1 heteroatoms. The van der Waals surface area contributed by atoms with Crippen LogP contribution in [0.4, 0.5) is 0 Å². The van der Waals surface area contributed by atoms with Crippen LogP contribution < -0.4 is 0 Å². The molecule has 0 aliphatic heterocycles. The summed E-state index contributed by atoms with van der Waals surface area (Å²) in [5.41, 5.74) is 0. The van der Waals surface area contributed by atoms with Crippen molar-refractivity contribution in [1.29, 1.82) is 0 Å². The molecule has 0 fully saturated rings. The van der Waals surface area contributed by atoms with Crippen molar-refractivity contribution in [3.8, 4) is 0 Å². The Balaban J connectivity index is 4.86. The van der Waals surface area contributed by atoms with E-state index >= 15 is 0 Å². The molecule has 0 N–H and O–H groups in total. The van der Waals surface area contributed by atoms with Crippen LogP contribution in [0.25, 0.3) is 0 Å². The van der Waals surface area contributed by atoms with E-state index in [-0.39, 0.29) is 0 Å². The van der Waals surface area contributed by atoms with Gasteiger partial charge in [-0.15, -0.1) is 0 Å². The highest BCUT2D eigenvalue weighted by Crippen LogP contribution is 2.40. The fraction of sp³-hybridized carbons (Fsp3) is 1.00. The lowest BCUT2D eigenvalue weighted by Crippen LogP contribution is -2.25. The largest absolute Gasteiger partial charge is 0.155 e. The lowest BCUT2D eigenvalue weighted by Gasteiger charge is -2.34. The molecule has 4 atom stereocenters. The third-order valence-corrected chi connectivity index (χ3v) is 11.9. The molecular weight excluding hydrogens is 513 g/mol. The second-order valence-corrected chi connectivity index (χ2v) is 15.3. The van der Waals surface area contributed by atoms with Gasteiger partial charge < -0.3 is 0 Å². The van der Waals surface area contributed by atoms with Gasteiger partial charge in [-0.1, -0.05) is 208 Å². The minimum atomic E-state index is 0.907. The van der Waals surface area contributed by atoms with E-state index in [1.807, 2.05) is 0 Å². The molecule has 0 spiro atoms.